The highest BCUT2D eigenvalue weighted by atomic mass is 79.9. The molecule has 0 N–H and O–H groups in total. The summed E-state index contributed by atoms with van der Waals surface area (Å²) in [6, 6.07) is 22.0. The van der Waals surface area contributed by atoms with Crippen LogP contribution in [0.3, 0.4) is 0 Å². The number of oxime groups is 1. The fraction of sp³-hybridized carbons (Fsp3) is 0.0500. The van der Waals surface area contributed by atoms with Gasteiger partial charge in [0.05, 0.1) is 0 Å². The van der Waals surface area contributed by atoms with E-state index in [1.165, 1.54) is 12.1 Å². The lowest BCUT2D eigenvalue weighted by molar-refractivity contribution is 0.339. The maximum Gasteiger partial charge on any atom is 0.358 e. The summed E-state index contributed by atoms with van der Waals surface area (Å²) in [6.45, 7) is 0. The molecule has 0 fully saturated rings. The van der Waals surface area contributed by atoms with Crippen LogP contribution in [0.15, 0.2) is 82.8 Å². The summed E-state index contributed by atoms with van der Waals surface area (Å²) in [5.41, 5.74) is 5.26. The van der Waals surface area contributed by atoms with Gasteiger partial charge in [0.1, 0.15) is 10.6 Å². The molecule has 0 bridgehead atoms. The molecule has 3 aromatic rings. The number of hydrogen-bond donors (Lipinski definition) is 0. The first-order valence-corrected chi connectivity index (χ1v) is 10.5. The molecule has 0 spiro atoms. The Hall–Kier alpha value is -2.44. The number of halogens is 1. The van der Waals surface area contributed by atoms with Crippen molar-refractivity contribution in [2.45, 2.75) is 10.2 Å². The zero-order valence-corrected chi connectivity index (χ0v) is 16.0. The van der Waals surface area contributed by atoms with E-state index in [0.717, 1.165) is 27.8 Å². The van der Waals surface area contributed by atoms with Crippen LogP contribution >= 0.6 is 15.9 Å². The zero-order chi connectivity index (χ0) is 18.1. The van der Waals surface area contributed by atoms with Crippen molar-refractivity contribution in [1.82, 2.24) is 0 Å². The van der Waals surface area contributed by atoms with Crippen LogP contribution in [-0.4, -0.2) is 14.1 Å². The third-order valence-electron chi connectivity index (χ3n) is 4.25. The molecule has 1 aliphatic carbocycles. The molecule has 1 aliphatic rings. The Morgan fingerprint density at radius 1 is 0.769 bits per heavy atom. The van der Waals surface area contributed by atoms with Crippen molar-refractivity contribution < 1.29 is 12.7 Å². The Morgan fingerprint density at radius 2 is 1.27 bits per heavy atom. The minimum atomic E-state index is -3.98. The number of fused-ring (bicyclic) bond motifs is 3. The van der Waals surface area contributed by atoms with Crippen molar-refractivity contribution in [3.05, 3.63) is 89.5 Å². The maximum absolute atomic E-state index is 12.5. The van der Waals surface area contributed by atoms with Crippen LogP contribution in [0.25, 0.3) is 11.1 Å². The van der Waals surface area contributed by atoms with E-state index in [0.29, 0.717) is 11.0 Å². The number of alkyl halides is 1. The van der Waals surface area contributed by atoms with Crippen LogP contribution in [0.4, 0.5) is 0 Å². The molecule has 0 radical (unpaired) electrons. The molecule has 0 saturated carbocycles. The third-order valence-corrected chi connectivity index (χ3v) is 6.02. The Bertz CT molecular complexity index is 1060. The lowest BCUT2D eigenvalue weighted by Gasteiger charge is -2.05. The summed E-state index contributed by atoms with van der Waals surface area (Å²) in [7, 11) is -3.98. The van der Waals surface area contributed by atoms with Crippen LogP contribution in [0.2, 0.25) is 0 Å². The van der Waals surface area contributed by atoms with Gasteiger partial charge in [-0.1, -0.05) is 81.7 Å². The Balaban J connectivity index is 1.72. The number of rotatable bonds is 4. The Labute approximate surface area is 160 Å². The summed E-state index contributed by atoms with van der Waals surface area (Å²) < 4.78 is 30.0. The van der Waals surface area contributed by atoms with E-state index in [-0.39, 0.29) is 4.90 Å². The van der Waals surface area contributed by atoms with Crippen LogP contribution in [0.1, 0.15) is 16.7 Å². The van der Waals surface area contributed by atoms with E-state index in [1.54, 1.807) is 12.1 Å². The molecule has 0 atom stereocenters. The van der Waals surface area contributed by atoms with Crippen LogP contribution in [-0.2, 0) is 19.7 Å². The lowest BCUT2D eigenvalue weighted by atomic mass is 10.1. The van der Waals surface area contributed by atoms with Gasteiger partial charge >= 0.3 is 10.1 Å². The second-order valence-electron chi connectivity index (χ2n) is 5.84. The van der Waals surface area contributed by atoms with Crippen LogP contribution in [0.5, 0.6) is 0 Å². The normalized spacial score (nSPS) is 12.4. The van der Waals surface area contributed by atoms with Crippen LogP contribution < -0.4 is 0 Å². The largest absolute Gasteiger partial charge is 0.358 e. The molecule has 26 heavy (non-hydrogen) atoms. The molecule has 6 heteroatoms. The van der Waals surface area contributed by atoms with Gasteiger partial charge in [0.25, 0.3) is 0 Å². The molecule has 0 heterocycles. The quantitative estimate of drug-likeness (QED) is 0.349. The summed E-state index contributed by atoms with van der Waals surface area (Å²) in [6.07, 6.45) is 0. The summed E-state index contributed by atoms with van der Waals surface area (Å²) in [5.74, 6) is 0. The van der Waals surface area contributed by atoms with E-state index >= 15 is 0 Å². The summed E-state index contributed by atoms with van der Waals surface area (Å²) in [4.78, 5) is 0.0751. The van der Waals surface area contributed by atoms with Crippen LogP contribution in [0, 0.1) is 0 Å². The van der Waals surface area contributed by atoms with Gasteiger partial charge < -0.3 is 0 Å². The zero-order valence-electron chi connectivity index (χ0n) is 13.6. The Kier molecular flexibility index (Phi) is 4.38. The predicted octanol–water partition coefficient (Wildman–Crippen LogP) is 4.72. The van der Waals surface area contributed by atoms with E-state index in [4.69, 9.17) is 4.28 Å². The topological polar surface area (TPSA) is 55.7 Å². The molecular formula is C20H14BrNO3S. The van der Waals surface area contributed by atoms with E-state index < -0.39 is 10.1 Å². The first kappa shape index (κ1) is 17.0. The molecular weight excluding hydrogens is 414 g/mol. The average molecular weight is 428 g/mol. The smallest absolute Gasteiger partial charge is 0.264 e. The number of nitrogens with zero attached hydrogens (tertiary/aromatic N) is 1. The molecule has 0 unspecified atom stereocenters. The van der Waals surface area contributed by atoms with E-state index in [9.17, 15) is 8.42 Å². The molecule has 3 aromatic carbocycles. The predicted molar refractivity (Wildman–Crippen MR) is 105 cm³/mol. The summed E-state index contributed by atoms with van der Waals surface area (Å²) in [5, 5.41) is 4.67. The number of hydrogen-bond acceptors (Lipinski definition) is 4. The lowest BCUT2D eigenvalue weighted by Crippen LogP contribution is -2.06. The number of benzene rings is 3. The minimum Gasteiger partial charge on any atom is -0.264 e. The van der Waals surface area contributed by atoms with Crippen molar-refractivity contribution in [1.29, 1.82) is 0 Å². The second-order valence-corrected chi connectivity index (χ2v) is 7.93. The SMILES string of the molecule is O=S(=O)(ON=C1c2ccccc2-c2ccccc21)c1ccc(CBr)cc1. The fourth-order valence-electron chi connectivity index (χ4n) is 2.97. The van der Waals surface area contributed by atoms with Gasteiger partial charge in [0.2, 0.25) is 0 Å². The van der Waals surface area contributed by atoms with Gasteiger partial charge in [-0.05, 0) is 28.8 Å². The fourth-order valence-corrected chi connectivity index (χ4v) is 4.07. The summed E-state index contributed by atoms with van der Waals surface area (Å²) >= 11 is 3.34. The monoisotopic (exact) mass is 427 g/mol. The first-order valence-electron chi connectivity index (χ1n) is 7.96. The molecule has 4 rings (SSSR count). The second kappa shape index (κ2) is 6.70. The van der Waals surface area contributed by atoms with Gasteiger partial charge in [-0.25, -0.2) is 0 Å². The minimum absolute atomic E-state index is 0.0751. The first-order chi connectivity index (χ1) is 12.6. The highest BCUT2D eigenvalue weighted by Gasteiger charge is 2.26. The van der Waals surface area contributed by atoms with Crippen molar-refractivity contribution >= 4 is 31.8 Å². The van der Waals surface area contributed by atoms with Gasteiger partial charge in [-0.3, -0.25) is 4.28 Å². The van der Waals surface area contributed by atoms with E-state index in [2.05, 4.69) is 21.1 Å². The molecule has 130 valence electrons. The molecule has 0 aromatic heterocycles. The Morgan fingerprint density at radius 3 is 1.77 bits per heavy atom. The van der Waals surface area contributed by atoms with Crippen molar-refractivity contribution in [2.75, 3.05) is 0 Å². The van der Waals surface area contributed by atoms with Crippen molar-refractivity contribution in [3.8, 4) is 11.1 Å². The maximum atomic E-state index is 12.5. The van der Waals surface area contributed by atoms with Gasteiger partial charge in [0, 0.05) is 16.5 Å². The molecule has 0 saturated heterocycles. The van der Waals surface area contributed by atoms with Gasteiger partial charge in [-0.2, -0.15) is 8.42 Å². The van der Waals surface area contributed by atoms with Crippen molar-refractivity contribution in [2.24, 2.45) is 5.16 Å². The highest BCUT2D eigenvalue weighted by molar-refractivity contribution is 9.08. The van der Waals surface area contributed by atoms with Crippen molar-refractivity contribution in [3.63, 3.8) is 0 Å². The molecule has 4 nitrogen and oxygen atoms in total. The molecule has 0 amide bonds. The van der Waals surface area contributed by atoms with Gasteiger partial charge in [0.15, 0.2) is 0 Å². The van der Waals surface area contributed by atoms with E-state index in [1.807, 2.05) is 48.5 Å². The van der Waals surface area contributed by atoms with Gasteiger partial charge in [-0.15, -0.1) is 0 Å². The average Bonchev–Trinajstić information content (AvgIpc) is 3.00. The third kappa shape index (κ3) is 2.95. The standard InChI is InChI=1S/C20H14BrNO3S/c21-13-14-9-11-15(12-10-14)26(23,24)25-22-20-18-7-3-1-5-16(18)17-6-2-4-8-19(17)20/h1-12H,13H2. The molecule has 0 aliphatic heterocycles. The highest BCUT2D eigenvalue weighted by Crippen LogP contribution is 2.36.